The molecule has 4 rings (SSSR count). The predicted octanol–water partition coefficient (Wildman–Crippen LogP) is 5.90. The first-order valence-corrected chi connectivity index (χ1v) is 10.1. The summed E-state index contributed by atoms with van der Waals surface area (Å²) in [6.45, 7) is 4.41. The second-order valence-electron chi connectivity index (χ2n) is 6.48. The molecule has 0 radical (unpaired) electrons. The lowest BCUT2D eigenvalue weighted by molar-refractivity contribution is -0.274. The number of nitrogens with one attached hydrogen (secondary N) is 1. The van der Waals surface area contributed by atoms with Crippen molar-refractivity contribution in [3.63, 3.8) is 0 Å². The average molecular weight is 434 g/mol. The fourth-order valence-electron chi connectivity index (χ4n) is 3.17. The smallest absolute Gasteiger partial charge is 0.406 e. The largest absolute Gasteiger partial charge is 0.573 e. The summed E-state index contributed by atoms with van der Waals surface area (Å²) in [5.74, 6) is 0.291. The number of carbonyl (C=O) groups excluding carboxylic acids is 1. The number of thiazole rings is 1. The Morgan fingerprint density at radius 2 is 1.93 bits per heavy atom. The first kappa shape index (κ1) is 20.1. The third-order valence-corrected chi connectivity index (χ3v) is 5.45. The fourth-order valence-corrected chi connectivity index (χ4v) is 4.06. The van der Waals surface area contributed by atoms with Crippen LogP contribution < -0.4 is 10.1 Å². The van der Waals surface area contributed by atoms with E-state index in [0.717, 1.165) is 5.52 Å². The highest BCUT2D eigenvalue weighted by Crippen LogP contribution is 2.33. The van der Waals surface area contributed by atoms with E-state index in [2.05, 4.69) is 20.0 Å². The Labute approximate surface area is 173 Å². The Morgan fingerprint density at radius 3 is 2.63 bits per heavy atom. The molecule has 10 heteroatoms. The number of hydrogen-bond donors (Lipinski definition) is 1. The molecule has 6 nitrogen and oxygen atoms in total. The van der Waals surface area contributed by atoms with Crippen molar-refractivity contribution in [3.05, 3.63) is 42.0 Å². The van der Waals surface area contributed by atoms with Gasteiger partial charge in [-0.25, -0.2) is 9.97 Å². The number of aromatic nitrogens is 3. The number of alkyl halides is 3. The molecule has 0 bridgehead atoms. The summed E-state index contributed by atoms with van der Waals surface area (Å²) in [4.78, 5) is 21.0. The van der Waals surface area contributed by atoms with Crippen LogP contribution in [0.1, 0.15) is 30.6 Å². The number of fused-ring (bicyclic) bond motifs is 2. The third kappa shape index (κ3) is 3.95. The van der Waals surface area contributed by atoms with Gasteiger partial charge >= 0.3 is 6.36 Å². The normalized spacial score (nSPS) is 11.9. The van der Waals surface area contributed by atoms with Crippen molar-refractivity contribution in [2.75, 3.05) is 5.32 Å². The van der Waals surface area contributed by atoms with Crippen LogP contribution in [0.4, 0.5) is 24.3 Å². The quantitative estimate of drug-likeness (QED) is 0.383. The molecule has 0 saturated carbocycles. The number of anilines is 2. The summed E-state index contributed by atoms with van der Waals surface area (Å²) < 4.78 is 43.8. The summed E-state index contributed by atoms with van der Waals surface area (Å²) in [7, 11) is 0. The molecule has 0 amide bonds. The van der Waals surface area contributed by atoms with Crippen LogP contribution in [0.2, 0.25) is 0 Å². The van der Waals surface area contributed by atoms with Gasteiger partial charge in [-0.2, -0.15) is 0 Å². The van der Waals surface area contributed by atoms with Crippen molar-refractivity contribution in [2.24, 2.45) is 0 Å². The number of rotatable bonds is 6. The van der Waals surface area contributed by atoms with E-state index in [4.69, 9.17) is 0 Å². The minimum absolute atomic E-state index is 0.0421. The number of Topliss-reactive ketones (excluding diaryl/α,β-unsaturated/α-hetero) is 1. The third-order valence-electron chi connectivity index (χ3n) is 4.52. The monoisotopic (exact) mass is 434 g/mol. The van der Waals surface area contributed by atoms with Crippen molar-refractivity contribution in [2.45, 2.75) is 33.2 Å². The lowest BCUT2D eigenvalue weighted by atomic mass is 10.1. The second kappa shape index (κ2) is 7.60. The van der Waals surface area contributed by atoms with E-state index in [1.165, 1.54) is 29.5 Å². The van der Waals surface area contributed by atoms with E-state index in [1.54, 1.807) is 12.1 Å². The number of imidazole rings is 1. The number of carbonyl (C=O) groups is 1. The molecule has 0 fully saturated rings. The number of aryl methyl sites for hydroxylation is 1. The van der Waals surface area contributed by atoms with E-state index in [0.29, 0.717) is 45.3 Å². The topological polar surface area (TPSA) is 69.0 Å². The Hall–Kier alpha value is -3.14. The Bertz CT molecular complexity index is 1250. The second-order valence-corrected chi connectivity index (χ2v) is 7.51. The van der Waals surface area contributed by atoms with Gasteiger partial charge in [0.2, 0.25) is 5.95 Å². The van der Waals surface area contributed by atoms with Gasteiger partial charge < -0.3 is 14.6 Å². The van der Waals surface area contributed by atoms with Crippen LogP contribution in [0.15, 0.2) is 36.4 Å². The summed E-state index contributed by atoms with van der Waals surface area (Å²) >= 11 is 1.20. The van der Waals surface area contributed by atoms with Gasteiger partial charge in [-0.1, -0.05) is 18.3 Å². The molecule has 1 N–H and O–H groups in total. The number of hydrogen-bond acceptors (Lipinski definition) is 6. The Kier molecular flexibility index (Phi) is 5.10. The minimum atomic E-state index is -4.75. The minimum Gasteiger partial charge on any atom is -0.406 e. The zero-order chi connectivity index (χ0) is 21.5. The first-order chi connectivity index (χ1) is 14.3. The van der Waals surface area contributed by atoms with E-state index < -0.39 is 6.36 Å². The van der Waals surface area contributed by atoms with Crippen LogP contribution in [-0.2, 0) is 6.54 Å². The van der Waals surface area contributed by atoms with Gasteiger partial charge in [0.25, 0.3) is 0 Å². The molecule has 4 aromatic rings. The molecule has 0 unspecified atom stereocenters. The van der Waals surface area contributed by atoms with Crippen LogP contribution in [0.25, 0.3) is 21.3 Å². The summed E-state index contributed by atoms with van der Waals surface area (Å²) in [6.07, 6.45) is -4.33. The molecule has 0 aliphatic heterocycles. The standard InChI is InChI=1S/C20H17F3N4O2S/c1-3-16(28)11-5-8-15-14(9-11)24-18(27(15)4-2)26-19-25-13-7-6-12(10-17(13)30-19)29-20(21,22)23/h5-10H,3-4H2,1-2H3,(H,24,25,26). The zero-order valence-electron chi connectivity index (χ0n) is 16.1. The van der Waals surface area contributed by atoms with Crippen molar-refractivity contribution < 1.29 is 22.7 Å². The molecule has 156 valence electrons. The van der Waals surface area contributed by atoms with Crippen LogP contribution in [0, 0.1) is 0 Å². The van der Waals surface area contributed by atoms with E-state index in [9.17, 15) is 18.0 Å². The van der Waals surface area contributed by atoms with Crippen LogP contribution >= 0.6 is 11.3 Å². The fraction of sp³-hybridized carbons (Fsp3) is 0.250. The van der Waals surface area contributed by atoms with Crippen molar-refractivity contribution in [1.29, 1.82) is 0 Å². The summed E-state index contributed by atoms with van der Waals surface area (Å²) in [5, 5.41) is 3.63. The molecule has 2 heterocycles. The highest BCUT2D eigenvalue weighted by atomic mass is 32.1. The zero-order valence-corrected chi connectivity index (χ0v) is 16.9. The average Bonchev–Trinajstić information content (AvgIpc) is 3.24. The molecule has 0 saturated heterocycles. The van der Waals surface area contributed by atoms with E-state index in [-0.39, 0.29) is 11.5 Å². The summed E-state index contributed by atoms with van der Waals surface area (Å²) in [6, 6.07) is 9.41. The Morgan fingerprint density at radius 1 is 1.13 bits per heavy atom. The lowest BCUT2D eigenvalue weighted by Gasteiger charge is -2.07. The van der Waals surface area contributed by atoms with Crippen molar-refractivity contribution in [1.82, 2.24) is 14.5 Å². The molecule has 2 aromatic carbocycles. The van der Waals surface area contributed by atoms with Gasteiger partial charge in [0.1, 0.15) is 5.75 Å². The highest BCUT2D eigenvalue weighted by molar-refractivity contribution is 7.22. The molecule has 0 spiro atoms. The number of benzene rings is 2. The maximum absolute atomic E-state index is 12.4. The molecule has 2 aromatic heterocycles. The maximum Gasteiger partial charge on any atom is 0.573 e. The van der Waals surface area contributed by atoms with Gasteiger partial charge in [-0.3, -0.25) is 4.79 Å². The first-order valence-electron chi connectivity index (χ1n) is 9.24. The van der Waals surface area contributed by atoms with Gasteiger partial charge in [0.05, 0.1) is 21.3 Å². The SMILES string of the molecule is CCC(=O)c1ccc2c(c1)nc(Nc1nc3ccc(OC(F)(F)F)cc3s1)n2CC. The number of ether oxygens (including phenoxy) is 1. The summed E-state index contributed by atoms with van der Waals surface area (Å²) in [5.41, 5.74) is 2.71. The van der Waals surface area contributed by atoms with Crippen LogP contribution in [-0.4, -0.2) is 26.7 Å². The van der Waals surface area contributed by atoms with Gasteiger partial charge in [0.15, 0.2) is 10.9 Å². The predicted molar refractivity (Wildman–Crippen MR) is 110 cm³/mol. The molecule has 0 aliphatic rings. The molecular weight excluding hydrogens is 417 g/mol. The van der Waals surface area contributed by atoms with Crippen molar-refractivity contribution >= 4 is 49.4 Å². The van der Waals surface area contributed by atoms with E-state index >= 15 is 0 Å². The number of halogens is 3. The van der Waals surface area contributed by atoms with Crippen LogP contribution in [0.5, 0.6) is 5.75 Å². The number of nitrogens with zero attached hydrogens (tertiary/aromatic N) is 3. The maximum atomic E-state index is 12.4. The van der Waals surface area contributed by atoms with E-state index in [1.807, 2.05) is 24.5 Å². The molecule has 0 atom stereocenters. The van der Waals surface area contributed by atoms with Crippen LogP contribution in [0.3, 0.4) is 0 Å². The molecule has 30 heavy (non-hydrogen) atoms. The molecular formula is C20H17F3N4O2S. The lowest BCUT2D eigenvalue weighted by Crippen LogP contribution is -2.16. The van der Waals surface area contributed by atoms with Crippen molar-refractivity contribution in [3.8, 4) is 5.75 Å². The van der Waals surface area contributed by atoms with Gasteiger partial charge in [-0.15, -0.1) is 13.2 Å². The van der Waals surface area contributed by atoms with Gasteiger partial charge in [-0.05, 0) is 37.3 Å². The number of ketones is 1. The highest BCUT2D eigenvalue weighted by Gasteiger charge is 2.31. The Balaban J connectivity index is 1.67. The van der Waals surface area contributed by atoms with Gasteiger partial charge in [0, 0.05) is 24.6 Å². The molecule has 0 aliphatic carbocycles.